The summed E-state index contributed by atoms with van der Waals surface area (Å²) in [6, 6.07) is 0. The molecule has 90 valence electrons. The van der Waals surface area contributed by atoms with Crippen LogP contribution in [-0.2, 0) is 4.79 Å². The highest BCUT2D eigenvalue weighted by atomic mass is 32.2. The van der Waals surface area contributed by atoms with Crippen molar-refractivity contribution in [2.45, 2.75) is 19.3 Å². The van der Waals surface area contributed by atoms with Gasteiger partial charge in [-0.1, -0.05) is 5.57 Å². The fourth-order valence-electron chi connectivity index (χ4n) is 2.61. The smallest absolute Gasteiger partial charge is 0.332 e. The topological polar surface area (TPSA) is 40.5 Å². The first-order valence-electron chi connectivity index (χ1n) is 5.90. The molecule has 1 fully saturated rings. The van der Waals surface area contributed by atoms with Crippen molar-refractivity contribution in [1.82, 2.24) is 4.90 Å². The van der Waals surface area contributed by atoms with Crippen LogP contribution in [0.4, 0.5) is 0 Å². The quantitative estimate of drug-likeness (QED) is 0.801. The third kappa shape index (κ3) is 2.61. The lowest BCUT2D eigenvalue weighted by atomic mass is 9.85. The number of hydrogen-bond acceptors (Lipinski definition) is 3. The number of carboxylic acid groups (broad SMARTS) is 1. The van der Waals surface area contributed by atoms with Gasteiger partial charge in [-0.2, -0.15) is 11.8 Å². The SMILES string of the molecule is CN1CCC(C2CCSCC2)=C(C(=O)O)C1. The van der Waals surface area contributed by atoms with Gasteiger partial charge in [0, 0.05) is 13.1 Å². The summed E-state index contributed by atoms with van der Waals surface area (Å²) in [4.78, 5) is 13.4. The molecule has 0 bridgehead atoms. The maximum absolute atomic E-state index is 11.3. The maximum atomic E-state index is 11.3. The average Bonchev–Trinajstić information content (AvgIpc) is 2.30. The van der Waals surface area contributed by atoms with Crippen molar-refractivity contribution in [1.29, 1.82) is 0 Å². The number of thioether (sulfide) groups is 1. The lowest BCUT2D eigenvalue weighted by Crippen LogP contribution is -2.33. The summed E-state index contributed by atoms with van der Waals surface area (Å²) in [7, 11) is 2.00. The van der Waals surface area contributed by atoms with Crippen LogP contribution >= 0.6 is 11.8 Å². The molecule has 4 heteroatoms. The van der Waals surface area contributed by atoms with E-state index in [1.165, 1.54) is 29.9 Å². The predicted octanol–water partition coefficient (Wildman–Crippen LogP) is 1.85. The van der Waals surface area contributed by atoms with Gasteiger partial charge in [0.2, 0.25) is 0 Å². The summed E-state index contributed by atoms with van der Waals surface area (Å²) in [5.41, 5.74) is 1.91. The summed E-state index contributed by atoms with van der Waals surface area (Å²) >= 11 is 1.99. The lowest BCUT2D eigenvalue weighted by Gasteiger charge is -2.32. The van der Waals surface area contributed by atoms with E-state index in [9.17, 15) is 9.90 Å². The minimum absolute atomic E-state index is 0.543. The third-order valence-electron chi connectivity index (χ3n) is 3.55. The van der Waals surface area contributed by atoms with Gasteiger partial charge in [-0.05, 0) is 43.7 Å². The monoisotopic (exact) mass is 241 g/mol. The Labute approximate surface area is 101 Å². The van der Waals surface area contributed by atoms with Crippen LogP contribution in [0.2, 0.25) is 0 Å². The van der Waals surface area contributed by atoms with E-state index in [1.54, 1.807) is 0 Å². The highest BCUT2D eigenvalue weighted by molar-refractivity contribution is 7.99. The Morgan fingerprint density at radius 2 is 2.12 bits per heavy atom. The number of aliphatic carboxylic acids is 1. The molecule has 1 saturated heterocycles. The minimum Gasteiger partial charge on any atom is -0.478 e. The number of carbonyl (C=O) groups is 1. The molecule has 16 heavy (non-hydrogen) atoms. The largest absolute Gasteiger partial charge is 0.478 e. The number of carboxylic acids is 1. The third-order valence-corrected chi connectivity index (χ3v) is 4.60. The molecule has 2 aliphatic heterocycles. The zero-order valence-electron chi connectivity index (χ0n) is 9.74. The van der Waals surface area contributed by atoms with Crippen LogP contribution in [0.15, 0.2) is 11.1 Å². The maximum Gasteiger partial charge on any atom is 0.332 e. The van der Waals surface area contributed by atoms with E-state index in [0.717, 1.165) is 13.0 Å². The van der Waals surface area contributed by atoms with Gasteiger partial charge in [0.05, 0.1) is 5.57 Å². The van der Waals surface area contributed by atoms with Crippen LogP contribution in [0.3, 0.4) is 0 Å². The molecule has 2 heterocycles. The molecular weight excluding hydrogens is 222 g/mol. The molecule has 3 nitrogen and oxygen atoms in total. The van der Waals surface area contributed by atoms with Crippen LogP contribution < -0.4 is 0 Å². The Morgan fingerprint density at radius 3 is 2.75 bits per heavy atom. The Hall–Kier alpha value is -0.480. The van der Waals surface area contributed by atoms with Crippen molar-refractivity contribution in [3.8, 4) is 0 Å². The van der Waals surface area contributed by atoms with Gasteiger partial charge in [0.15, 0.2) is 0 Å². The summed E-state index contributed by atoms with van der Waals surface area (Å²) in [5.74, 6) is 2.22. The Morgan fingerprint density at radius 1 is 1.44 bits per heavy atom. The second kappa shape index (κ2) is 5.23. The molecule has 0 atom stereocenters. The molecule has 0 aliphatic carbocycles. The van der Waals surface area contributed by atoms with Gasteiger partial charge in [-0.3, -0.25) is 0 Å². The van der Waals surface area contributed by atoms with Gasteiger partial charge in [0.1, 0.15) is 0 Å². The Bertz CT molecular complexity index is 308. The fraction of sp³-hybridized carbons (Fsp3) is 0.750. The molecule has 2 aliphatic rings. The molecule has 0 unspecified atom stereocenters. The first kappa shape index (κ1) is 12.0. The number of nitrogens with zero attached hydrogens (tertiary/aromatic N) is 1. The first-order chi connectivity index (χ1) is 7.68. The molecule has 0 aromatic rings. The molecule has 0 aromatic heterocycles. The predicted molar refractivity (Wildman–Crippen MR) is 66.8 cm³/mol. The fourth-order valence-corrected chi connectivity index (χ4v) is 3.72. The van der Waals surface area contributed by atoms with E-state index >= 15 is 0 Å². The van der Waals surface area contributed by atoms with Crippen molar-refractivity contribution in [3.05, 3.63) is 11.1 Å². The van der Waals surface area contributed by atoms with E-state index in [-0.39, 0.29) is 0 Å². The standard InChI is InChI=1S/C12H19NO2S/c1-13-5-2-10(11(8-13)12(14)15)9-3-6-16-7-4-9/h9H,2-8H2,1H3,(H,14,15). The van der Waals surface area contributed by atoms with E-state index in [4.69, 9.17) is 0 Å². The lowest BCUT2D eigenvalue weighted by molar-refractivity contribution is -0.133. The zero-order valence-corrected chi connectivity index (χ0v) is 10.6. The normalized spacial score (nSPS) is 24.8. The molecule has 0 aromatic carbocycles. The van der Waals surface area contributed by atoms with Crippen molar-refractivity contribution in [2.75, 3.05) is 31.6 Å². The van der Waals surface area contributed by atoms with Gasteiger partial charge < -0.3 is 10.0 Å². The molecule has 0 amide bonds. The van der Waals surface area contributed by atoms with Crippen molar-refractivity contribution >= 4 is 17.7 Å². The van der Waals surface area contributed by atoms with Crippen molar-refractivity contribution < 1.29 is 9.90 Å². The van der Waals surface area contributed by atoms with Crippen molar-refractivity contribution in [3.63, 3.8) is 0 Å². The van der Waals surface area contributed by atoms with Gasteiger partial charge in [0.25, 0.3) is 0 Å². The summed E-state index contributed by atoms with van der Waals surface area (Å²) < 4.78 is 0. The molecule has 2 rings (SSSR count). The summed E-state index contributed by atoms with van der Waals surface area (Å²) in [5, 5.41) is 9.27. The van der Waals surface area contributed by atoms with Crippen LogP contribution in [-0.4, -0.2) is 47.6 Å². The van der Waals surface area contributed by atoms with Gasteiger partial charge in [-0.25, -0.2) is 4.79 Å². The van der Waals surface area contributed by atoms with Crippen LogP contribution in [0, 0.1) is 5.92 Å². The zero-order chi connectivity index (χ0) is 11.5. The van der Waals surface area contributed by atoms with Crippen LogP contribution in [0.1, 0.15) is 19.3 Å². The van der Waals surface area contributed by atoms with E-state index in [0.29, 0.717) is 18.0 Å². The minimum atomic E-state index is -0.709. The van der Waals surface area contributed by atoms with Crippen molar-refractivity contribution in [2.24, 2.45) is 5.92 Å². The number of hydrogen-bond donors (Lipinski definition) is 1. The van der Waals surface area contributed by atoms with Crippen LogP contribution in [0.5, 0.6) is 0 Å². The average molecular weight is 241 g/mol. The molecule has 0 saturated carbocycles. The molecular formula is C12H19NO2S. The molecule has 0 radical (unpaired) electrons. The van der Waals surface area contributed by atoms with Crippen LogP contribution in [0.25, 0.3) is 0 Å². The highest BCUT2D eigenvalue weighted by Gasteiger charge is 2.27. The highest BCUT2D eigenvalue weighted by Crippen LogP contribution is 2.34. The first-order valence-corrected chi connectivity index (χ1v) is 7.05. The summed E-state index contributed by atoms with van der Waals surface area (Å²) in [6.07, 6.45) is 3.29. The van der Waals surface area contributed by atoms with E-state index in [2.05, 4.69) is 4.90 Å². The van der Waals surface area contributed by atoms with E-state index in [1.807, 2.05) is 18.8 Å². The second-order valence-electron chi connectivity index (χ2n) is 4.68. The second-order valence-corrected chi connectivity index (χ2v) is 5.91. The Kier molecular flexibility index (Phi) is 3.92. The molecule has 0 spiro atoms. The Balaban J connectivity index is 2.19. The van der Waals surface area contributed by atoms with Gasteiger partial charge in [-0.15, -0.1) is 0 Å². The van der Waals surface area contributed by atoms with Gasteiger partial charge >= 0.3 is 5.97 Å². The molecule has 1 N–H and O–H groups in total. The number of likely N-dealkylation sites (N-methyl/N-ethyl adjacent to an activating group) is 1. The number of rotatable bonds is 2. The van der Waals surface area contributed by atoms with E-state index < -0.39 is 5.97 Å². The summed E-state index contributed by atoms with van der Waals surface area (Å²) in [6.45, 7) is 1.63.